The van der Waals surface area contributed by atoms with Gasteiger partial charge in [-0.25, -0.2) is 4.79 Å². The smallest absolute Gasteiger partial charge is 0.317 e. The molecule has 1 aliphatic carbocycles. The monoisotopic (exact) mass is 330 g/mol. The largest absolute Gasteiger partial charge is 0.340 e. The minimum absolute atomic E-state index is 0.0581. The maximum atomic E-state index is 12.5. The standard InChI is InChI=1S/C18H26N4O2/c1-21(12-14-6-9-19-10-7-14)18(24)20-16-8-11-22(13-16)17(23)15-4-2-3-5-15/h6-7,9-10,15-16H,2-5,8,11-13H2,1H3,(H,20,24)/t16-/m0/s1. The summed E-state index contributed by atoms with van der Waals surface area (Å²) >= 11 is 0. The zero-order valence-corrected chi connectivity index (χ0v) is 14.3. The van der Waals surface area contributed by atoms with Crippen molar-refractivity contribution in [2.75, 3.05) is 20.1 Å². The van der Waals surface area contributed by atoms with Crippen molar-refractivity contribution in [3.8, 4) is 0 Å². The number of carbonyl (C=O) groups is 2. The second-order valence-electron chi connectivity index (χ2n) is 6.91. The third kappa shape index (κ3) is 4.04. The highest BCUT2D eigenvalue weighted by molar-refractivity contribution is 5.80. The summed E-state index contributed by atoms with van der Waals surface area (Å²) in [6.07, 6.45) is 8.69. The van der Waals surface area contributed by atoms with Gasteiger partial charge in [-0.2, -0.15) is 0 Å². The summed E-state index contributed by atoms with van der Waals surface area (Å²) in [7, 11) is 1.78. The summed E-state index contributed by atoms with van der Waals surface area (Å²) in [5.74, 6) is 0.503. The molecule has 0 aromatic carbocycles. The molecule has 0 spiro atoms. The Balaban J connectivity index is 1.46. The minimum atomic E-state index is -0.0908. The molecule has 0 radical (unpaired) electrons. The molecule has 6 nitrogen and oxygen atoms in total. The number of pyridine rings is 1. The van der Waals surface area contributed by atoms with E-state index in [9.17, 15) is 9.59 Å². The lowest BCUT2D eigenvalue weighted by Gasteiger charge is -2.23. The van der Waals surface area contributed by atoms with Gasteiger partial charge < -0.3 is 15.1 Å². The Kier molecular flexibility index (Phi) is 5.33. The maximum absolute atomic E-state index is 12.5. The Labute approximate surface area is 143 Å². The number of nitrogens with zero attached hydrogens (tertiary/aromatic N) is 3. The number of hydrogen-bond donors (Lipinski definition) is 1. The van der Waals surface area contributed by atoms with Crippen LogP contribution in [0.2, 0.25) is 0 Å². The van der Waals surface area contributed by atoms with Crippen LogP contribution in [0.5, 0.6) is 0 Å². The first-order chi connectivity index (χ1) is 11.6. The Morgan fingerprint density at radius 3 is 2.67 bits per heavy atom. The molecule has 1 saturated carbocycles. The van der Waals surface area contributed by atoms with Crippen LogP contribution in [0.4, 0.5) is 4.79 Å². The van der Waals surface area contributed by atoms with Crippen LogP contribution in [-0.4, -0.2) is 52.9 Å². The Bertz CT molecular complexity index is 572. The Morgan fingerprint density at radius 2 is 1.96 bits per heavy atom. The fourth-order valence-corrected chi connectivity index (χ4v) is 3.63. The van der Waals surface area contributed by atoms with Gasteiger partial charge in [0.1, 0.15) is 0 Å². The summed E-state index contributed by atoms with van der Waals surface area (Å²) in [6, 6.07) is 3.78. The Morgan fingerprint density at radius 1 is 1.25 bits per heavy atom. The van der Waals surface area contributed by atoms with Crippen molar-refractivity contribution in [3.05, 3.63) is 30.1 Å². The highest BCUT2D eigenvalue weighted by atomic mass is 16.2. The molecule has 0 unspecified atom stereocenters. The number of likely N-dealkylation sites (tertiary alicyclic amines) is 1. The van der Waals surface area contributed by atoms with Crippen LogP contribution < -0.4 is 5.32 Å². The highest BCUT2D eigenvalue weighted by Crippen LogP contribution is 2.27. The average Bonchev–Trinajstić information content (AvgIpc) is 3.27. The van der Waals surface area contributed by atoms with E-state index >= 15 is 0 Å². The van der Waals surface area contributed by atoms with E-state index in [2.05, 4.69) is 10.3 Å². The summed E-state index contributed by atoms with van der Waals surface area (Å²) < 4.78 is 0. The summed E-state index contributed by atoms with van der Waals surface area (Å²) in [4.78, 5) is 32.4. The molecule has 1 N–H and O–H groups in total. The molecule has 0 bridgehead atoms. The van der Waals surface area contributed by atoms with E-state index in [0.717, 1.165) is 31.4 Å². The van der Waals surface area contributed by atoms with Crippen LogP contribution in [0.3, 0.4) is 0 Å². The summed E-state index contributed by atoms with van der Waals surface area (Å²) in [6.45, 7) is 1.95. The van der Waals surface area contributed by atoms with Crippen LogP contribution in [0.25, 0.3) is 0 Å². The first kappa shape index (κ1) is 16.7. The van der Waals surface area contributed by atoms with Crippen LogP contribution in [0, 0.1) is 5.92 Å². The molecule has 130 valence electrons. The zero-order chi connectivity index (χ0) is 16.9. The number of carbonyl (C=O) groups excluding carboxylic acids is 2. The summed E-state index contributed by atoms with van der Waals surface area (Å²) in [5, 5.41) is 3.05. The van der Waals surface area contributed by atoms with Gasteiger partial charge in [0, 0.05) is 51.0 Å². The van der Waals surface area contributed by atoms with Crippen LogP contribution in [-0.2, 0) is 11.3 Å². The van der Waals surface area contributed by atoms with Crippen LogP contribution in [0.1, 0.15) is 37.7 Å². The predicted molar refractivity (Wildman–Crippen MR) is 91.2 cm³/mol. The SMILES string of the molecule is CN(Cc1ccncc1)C(=O)N[C@H]1CCN(C(=O)C2CCCC2)C1. The molecule has 2 heterocycles. The number of amides is 3. The Hall–Kier alpha value is -2.11. The number of hydrogen-bond acceptors (Lipinski definition) is 3. The lowest BCUT2D eigenvalue weighted by molar-refractivity contribution is -0.134. The van der Waals surface area contributed by atoms with Crippen molar-refractivity contribution < 1.29 is 9.59 Å². The van der Waals surface area contributed by atoms with Crippen molar-refractivity contribution in [1.29, 1.82) is 0 Å². The lowest BCUT2D eigenvalue weighted by Crippen LogP contribution is -2.44. The normalized spacial score (nSPS) is 21.0. The molecular formula is C18H26N4O2. The van der Waals surface area contributed by atoms with Gasteiger partial charge in [0.15, 0.2) is 0 Å². The van der Waals surface area contributed by atoms with Gasteiger partial charge in [0.25, 0.3) is 0 Å². The van der Waals surface area contributed by atoms with E-state index in [-0.39, 0.29) is 23.9 Å². The van der Waals surface area contributed by atoms with Gasteiger partial charge >= 0.3 is 6.03 Å². The van der Waals surface area contributed by atoms with E-state index in [1.807, 2.05) is 17.0 Å². The van der Waals surface area contributed by atoms with E-state index in [1.54, 1.807) is 24.3 Å². The maximum Gasteiger partial charge on any atom is 0.317 e. The predicted octanol–water partition coefficient (Wildman–Crippen LogP) is 2.01. The molecule has 1 atom stereocenters. The molecule has 24 heavy (non-hydrogen) atoms. The highest BCUT2D eigenvalue weighted by Gasteiger charge is 2.33. The third-order valence-electron chi connectivity index (χ3n) is 5.05. The topological polar surface area (TPSA) is 65.5 Å². The molecule has 3 amide bonds. The van der Waals surface area contributed by atoms with E-state index in [1.165, 1.54) is 12.8 Å². The van der Waals surface area contributed by atoms with E-state index < -0.39 is 0 Å². The van der Waals surface area contributed by atoms with E-state index in [4.69, 9.17) is 0 Å². The van der Waals surface area contributed by atoms with Crippen molar-refractivity contribution in [1.82, 2.24) is 20.1 Å². The van der Waals surface area contributed by atoms with E-state index in [0.29, 0.717) is 13.1 Å². The van der Waals surface area contributed by atoms with Gasteiger partial charge in [0.05, 0.1) is 0 Å². The minimum Gasteiger partial charge on any atom is -0.340 e. The number of urea groups is 1. The van der Waals surface area contributed by atoms with Crippen molar-refractivity contribution >= 4 is 11.9 Å². The average molecular weight is 330 g/mol. The van der Waals surface area contributed by atoms with Gasteiger partial charge in [-0.1, -0.05) is 12.8 Å². The molecule has 3 rings (SSSR count). The van der Waals surface area contributed by atoms with Gasteiger partial charge in [-0.15, -0.1) is 0 Å². The molecule has 1 aromatic heterocycles. The van der Waals surface area contributed by atoms with Crippen molar-refractivity contribution in [2.45, 2.75) is 44.7 Å². The molecule has 1 saturated heterocycles. The fraction of sp³-hybridized carbons (Fsp3) is 0.611. The quantitative estimate of drug-likeness (QED) is 0.918. The number of rotatable bonds is 4. The van der Waals surface area contributed by atoms with Gasteiger partial charge in [-0.3, -0.25) is 9.78 Å². The lowest BCUT2D eigenvalue weighted by atomic mass is 10.1. The molecule has 6 heteroatoms. The zero-order valence-electron chi connectivity index (χ0n) is 14.3. The van der Waals surface area contributed by atoms with Gasteiger partial charge in [0.2, 0.25) is 5.91 Å². The molecule has 1 aliphatic heterocycles. The molecular weight excluding hydrogens is 304 g/mol. The summed E-state index contributed by atoms with van der Waals surface area (Å²) in [5.41, 5.74) is 1.05. The van der Waals surface area contributed by atoms with Crippen molar-refractivity contribution in [2.24, 2.45) is 5.92 Å². The van der Waals surface area contributed by atoms with Crippen molar-refractivity contribution in [3.63, 3.8) is 0 Å². The first-order valence-corrected chi connectivity index (χ1v) is 8.83. The third-order valence-corrected chi connectivity index (χ3v) is 5.05. The first-order valence-electron chi connectivity index (χ1n) is 8.83. The molecule has 2 fully saturated rings. The second kappa shape index (κ2) is 7.64. The number of aromatic nitrogens is 1. The fourth-order valence-electron chi connectivity index (χ4n) is 3.63. The number of nitrogens with one attached hydrogen (secondary N) is 1. The molecule has 1 aromatic rings. The van der Waals surface area contributed by atoms with Crippen LogP contribution in [0.15, 0.2) is 24.5 Å². The molecule has 2 aliphatic rings. The second-order valence-corrected chi connectivity index (χ2v) is 6.91. The van der Waals surface area contributed by atoms with Gasteiger partial charge in [-0.05, 0) is 37.0 Å². The van der Waals surface area contributed by atoms with Crippen LogP contribution >= 0.6 is 0 Å².